The molecule has 3 rings (SSSR count). The maximum atomic E-state index is 12.7. The van der Waals surface area contributed by atoms with Crippen molar-refractivity contribution in [2.75, 3.05) is 6.61 Å². The van der Waals surface area contributed by atoms with Crippen molar-refractivity contribution < 1.29 is 5.11 Å². The zero-order chi connectivity index (χ0) is 16.9. The van der Waals surface area contributed by atoms with Gasteiger partial charge in [0.05, 0.1) is 10.9 Å². The molecule has 0 fully saturated rings. The van der Waals surface area contributed by atoms with E-state index in [9.17, 15) is 4.79 Å². The van der Waals surface area contributed by atoms with Crippen LogP contribution < -0.4 is 5.56 Å². The van der Waals surface area contributed by atoms with E-state index in [1.165, 1.54) is 0 Å². The van der Waals surface area contributed by atoms with E-state index in [1.54, 1.807) is 10.6 Å². The van der Waals surface area contributed by atoms with Crippen LogP contribution in [-0.4, -0.2) is 21.3 Å². The Morgan fingerprint density at radius 1 is 1.08 bits per heavy atom. The number of aromatic nitrogens is 2. The van der Waals surface area contributed by atoms with Gasteiger partial charge in [-0.3, -0.25) is 9.36 Å². The average Bonchev–Trinajstić information content (AvgIpc) is 2.61. The third-order valence-corrected chi connectivity index (χ3v) is 4.25. The molecule has 4 nitrogen and oxygen atoms in total. The predicted octanol–water partition coefficient (Wildman–Crippen LogP) is 3.71. The van der Waals surface area contributed by atoms with Crippen LogP contribution in [0.25, 0.3) is 23.1 Å². The van der Waals surface area contributed by atoms with Crippen LogP contribution in [0, 0.1) is 0 Å². The van der Waals surface area contributed by atoms with Crippen molar-refractivity contribution >= 4 is 39.0 Å². The van der Waals surface area contributed by atoms with E-state index >= 15 is 0 Å². The lowest BCUT2D eigenvalue weighted by molar-refractivity contribution is 0.278. The molecule has 0 radical (unpaired) electrons. The highest BCUT2D eigenvalue weighted by Crippen LogP contribution is 2.14. The Morgan fingerprint density at radius 3 is 2.58 bits per heavy atom. The summed E-state index contributed by atoms with van der Waals surface area (Å²) in [4.78, 5) is 17.3. The summed E-state index contributed by atoms with van der Waals surface area (Å²) in [5.74, 6) is 0.593. The molecule has 0 bridgehead atoms. The molecule has 0 amide bonds. The molecule has 0 aliphatic carbocycles. The first kappa shape index (κ1) is 16.6. The normalized spacial score (nSPS) is 11.4. The second-order valence-electron chi connectivity index (χ2n) is 5.41. The molecule has 5 heteroatoms. The number of benzene rings is 2. The van der Waals surface area contributed by atoms with Gasteiger partial charge in [-0.15, -0.1) is 0 Å². The Labute approximate surface area is 148 Å². The predicted molar refractivity (Wildman–Crippen MR) is 101 cm³/mol. The van der Waals surface area contributed by atoms with E-state index in [0.717, 1.165) is 10.0 Å². The van der Waals surface area contributed by atoms with Crippen molar-refractivity contribution in [3.63, 3.8) is 0 Å². The molecule has 0 saturated heterocycles. The molecule has 122 valence electrons. The number of fused-ring (bicyclic) bond motifs is 1. The van der Waals surface area contributed by atoms with Gasteiger partial charge in [0.2, 0.25) is 0 Å². The van der Waals surface area contributed by atoms with Crippen LogP contribution in [0.1, 0.15) is 17.8 Å². The van der Waals surface area contributed by atoms with Gasteiger partial charge >= 0.3 is 0 Å². The summed E-state index contributed by atoms with van der Waals surface area (Å²) >= 11 is 3.41. The lowest BCUT2D eigenvalue weighted by Crippen LogP contribution is -2.24. The van der Waals surface area contributed by atoms with Crippen molar-refractivity contribution in [2.24, 2.45) is 0 Å². The summed E-state index contributed by atoms with van der Waals surface area (Å²) in [6, 6.07) is 15.2. The second-order valence-corrected chi connectivity index (χ2v) is 6.32. The highest BCUT2D eigenvalue weighted by atomic mass is 79.9. The topological polar surface area (TPSA) is 55.1 Å². The first-order valence-corrected chi connectivity index (χ1v) is 8.52. The summed E-state index contributed by atoms with van der Waals surface area (Å²) in [5, 5.41) is 9.69. The van der Waals surface area contributed by atoms with E-state index in [4.69, 9.17) is 5.11 Å². The van der Waals surface area contributed by atoms with E-state index in [-0.39, 0.29) is 12.2 Å². The van der Waals surface area contributed by atoms with Gasteiger partial charge in [-0.25, -0.2) is 4.98 Å². The molecule has 1 heterocycles. The van der Waals surface area contributed by atoms with E-state index in [1.807, 2.05) is 54.6 Å². The molecule has 0 aliphatic rings. The Hall–Kier alpha value is -2.24. The van der Waals surface area contributed by atoms with Crippen molar-refractivity contribution in [3.8, 4) is 0 Å². The smallest absolute Gasteiger partial charge is 0.261 e. The standard InChI is InChI=1S/C19H17BrN2O2/c20-15-9-6-14(7-10-15)8-11-18-21-17-5-2-1-4-16(17)19(24)22(18)12-3-13-23/h1-2,4-11,23H,3,12-13H2. The first-order valence-electron chi connectivity index (χ1n) is 7.73. The van der Waals surface area contributed by atoms with Crippen LogP contribution in [0.5, 0.6) is 0 Å². The van der Waals surface area contributed by atoms with Gasteiger partial charge in [0, 0.05) is 17.6 Å². The molecule has 0 saturated carbocycles. The summed E-state index contributed by atoms with van der Waals surface area (Å²) in [5.41, 5.74) is 1.62. The number of para-hydroxylation sites is 1. The molecule has 1 N–H and O–H groups in total. The van der Waals surface area contributed by atoms with Crippen molar-refractivity contribution in [1.82, 2.24) is 9.55 Å². The fourth-order valence-corrected chi connectivity index (χ4v) is 2.77. The van der Waals surface area contributed by atoms with Crippen LogP contribution in [0.2, 0.25) is 0 Å². The molecule has 24 heavy (non-hydrogen) atoms. The largest absolute Gasteiger partial charge is 0.396 e. The van der Waals surface area contributed by atoms with Crippen LogP contribution >= 0.6 is 15.9 Å². The fourth-order valence-electron chi connectivity index (χ4n) is 2.50. The number of aliphatic hydroxyl groups excluding tert-OH is 1. The van der Waals surface area contributed by atoms with Gasteiger partial charge in [-0.05, 0) is 42.3 Å². The van der Waals surface area contributed by atoms with E-state index in [2.05, 4.69) is 20.9 Å². The molecule has 0 aliphatic heterocycles. The summed E-state index contributed by atoms with van der Waals surface area (Å²) < 4.78 is 2.64. The third kappa shape index (κ3) is 3.63. The van der Waals surface area contributed by atoms with Crippen LogP contribution in [0.3, 0.4) is 0 Å². The number of hydrogen-bond donors (Lipinski definition) is 1. The van der Waals surface area contributed by atoms with E-state index < -0.39 is 0 Å². The van der Waals surface area contributed by atoms with Gasteiger partial charge in [-0.2, -0.15) is 0 Å². The maximum absolute atomic E-state index is 12.7. The lowest BCUT2D eigenvalue weighted by atomic mass is 10.2. The van der Waals surface area contributed by atoms with Crippen LogP contribution in [-0.2, 0) is 6.54 Å². The number of rotatable bonds is 5. The van der Waals surface area contributed by atoms with Gasteiger partial charge in [0.15, 0.2) is 0 Å². The van der Waals surface area contributed by atoms with Gasteiger partial charge < -0.3 is 5.11 Å². The highest BCUT2D eigenvalue weighted by molar-refractivity contribution is 9.10. The summed E-state index contributed by atoms with van der Waals surface area (Å²) in [7, 11) is 0. The zero-order valence-corrected chi connectivity index (χ0v) is 14.6. The van der Waals surface area contributed by atoms with Crippen LogP contribution in [0.4, 0.5) is 0 Å². The molecule has 2 aromatic carbocycles. The second kappa shape index (κ2) is 7.55. The van der Waals surface area contributed by atoms with Crippen molar-refractivity contribution in [2.45, 2.75) is 13.0 Å². The summed E-state index contributed by atoms with van der Waals surface area (Å²) in [6.45, 7) is 0.475. The van der Waals surface area contributed by atoms with E-state index in [0.29, 0.717) is 29.7 Å². The quantitative estimate of drug-likeness (QED) is 0.729. The van der Waals surface area contributed by atoms with Crippen molar-refractivity contribution in [3.05, 3.63) is 74.7 Å². The SMILES string of the molecule is O=c1c2ccccc2nc(C=Cc2ccc(Br)cc2)n1CCCO. The monoisotopic (exact) mass is 384 g/mol. The maximum Gasteiger partial charge on any atom is 0.261 e. The Balaban J connectivity index is 2.07. The highest BCUT2D eigenvalue weighted by Gasteiger charge is 2.08. The van der Waals surface area contributed by atoms with Gasteiger partial charge in [-0.1, -0.05) is 46.3 Å². The molecular formula is C19H17BrN2O2. The first-order chi connectivity index (χ1) is 11.7. The summed E-state index contributed by atoms with van der Waals surface area (Å²) in [6.07, 6.45) is 4.28. The Kier molecular flexibility index (Phi) is 5.23. The van der Waals surface area contributed by atoms with Crippen molar-refractivity contribution in [1.29, 1.82) is 0 Å². The number of hydrogen-bond acceptors (Lipinski definition) is 3. The number of halogens is 1. The Morgan fingerprint density at radius 2 is 1.83 bits per heavy atom. The molecule has 0 spiro atoms. The average molecular weight is 385 g/mol. The third-order valence-electron chi connectivity index (χ3n) is 3.73. The minimum Gasteiger partial charge on any atom is -0.396 e. The van der Waals surface area contributed by atoms with Gasteiger partial charge in [0.1, 0.15) is 5.82 Å². The minimum atomic E-state index is -0.0792. The van der Waals surface area contributed by atoms with Crippen LogP contribution in [0.15, 0.2) is 57.8 Å². The molecule has 0 unspecified atom stereocenters. The number of aliphatic hydroxyl groups is 1. The lowest BCUT2D eigenvalue weighted by Gasteiger charge is -2.10. The Bertz CT molecular complexity index is 930. The molecular weight excluding hydrogens is 368 g/mol. The zero-order valence-electron chi connectivity index (χ0n) is 13.0. The number of nitrogens with zero attached hydrogens (tertiary/aromatic N) is 2. The van der Waals surface area contributed by atoms with Gasteiger partial charge in [0.25, 0.3) is 5.56 Å². The molecule has 0 atom stereocenters. The molecule has 3 aromatic rings. The molecule has 1 aromatic heterocycles. The fraction of sp³-hybridized carbons (Fsp3) is 0.158. The minimum absolute atomic E-state index is 0.0368.